The summed E-state index contributed by atoms with van der Waals surface area (Å²) in [6, 6.07) is 11.6. The maximum absolute atomic E-state index is 5.58. The minimum absolute atomic E-state index is 0.591. The van der Waals surface area contributed by atoms with Gasteiger partial charge in [0.25, 0.3) is 0 Å². The van der Waals surface area contributed by atoms with Crippen molar-refractivity contribution in [2.24, 2.45) is 0 Å². The van der Waals surface area contributed by atoms with Crippen LogP contribution in [0.15, 0.2) is 40.8 Å². The van der Waals surface area contributed by atoms with Crippen LogP contribution in [-0.2, 0) is 6.54 Å². The lowest BCUT2D eigenvalue weighted by Gasteiger charge is -2.02. The number of aromatic nitrogens is 2. The molecule has 0 radical (unpaired) electrons. The number of rotatable bonds is 4. The van der Waals surface area contributed by atoms with Crippen molar-refractivity contribution in [1.82, 2.24) is 15.3 Å². The van der Waals surface area contributed by atoms with Gasteiger partial charge in [0.2, 0.25) is 5.89 Å². The molecule has 0 unspecified atom stereocenters. The normalized spacial score (nSPS) is 10.9. The number of hydrogen-bond donors (Lipinski definition) is 1. The number of ether oxygens (including phenoxy) is 1. The van der Waals surface area contributed by atoms with Crippen LogP contribution >= 0.6 is 0 Å². The summed E-state index contributed by atoms with van der Waals surface area (Å²) < 4.78 is 10.7. The lowest BCUT2D eigenvalue weighted by molar-refractivity contribution is 0.415. The molecule has 20 heavy (non-hydrogen) atoms. The molecular weight excluding hydrogens is 254 g/mol. The number of nitrogens with zero attached hydrogens (tertiary/aromatic N) is 2. The lowest BCUT2D eigenvalue weighted by atomic mass is 10.1. The molecule has 1 aromatic carbocycles. The summed E-state index contributed by atoms with van der Waals surface area (Å²) in [5.74, 6) is 1.47. The Kier molecular flexibility index (Phi) is 3.35. The van der Waals surface area contributed by atoms with E-state index in [-0.39, 0.29) is 0 Å². The van der Waals surface area contributed by atoms with Gasteiger partial charge in [-0.15, -0.1) is 0 Å². The standard InChI is InChI=1S/C15H15N3O2/c1-16-9-14-18-15-13(20-14)8-7-12(17-15)10-3-5-11(19-2)6-4-10/h3-8,16H,9H2,1-2H3. The molecule has 0 aliphatic heterocycles. The molecular formula is C15H15N3O2. The Bertz CT molecular complexity index is 720. The van der Waals surface area contributed by atoms with Crippen molar-refractivity contribution in [1.29, 1.82) is 0 Å². The van der Waals surface area contributed by atoms with Crippen LogP contribution in [0.3, 0.4) is 0 Å². The minimum atomic E-state index is 0.591. The van der Waals surface area contributed by atoms with E-state index < -0.39 is 0 Å². The molecule has 102 valence electrons. The first kappa shape index (κ1) is 12.6. The molecule has 0 spiro atoms. The zero-order chi connectivity index (χ0) is 13.9. The zero-order valence-electron chi connectivity index (χ0n) is 11.4. The molecule has 2 heterocycles. The highest BCUT2D eigenvalue weighted by Crippen LogP contribution is 2.23. The monoisotopic (exact) mass is 269 g/mol. The Hall–Kier alpha value is -2.40. The van der Waals surface area contributed by atoms with Crippen molar-refractivity contribution in [2.45, 2.75) is 6.54 Å². The van der Waals surface area contributed by atoms with Gasteiger partial charge in [-0.05, 0) is 43.4 Å². The molecule has 5 nitrogen and oxygen atoms in total. The zero-order valence-corrected chi connectivity index (χ0v) is 11.4. The molecule has 0 bridgehead atoms. The van der Waals surface area contributed by atoms with E-state index in [0.29, 0.717) is 23.7 Å². The van der Waals surface area contributed by atoms with Crippen molar-refractivity contribution in [3.63, 3.8) is 0 Å². The van der Waals surface area contributed by atoms with Crippen LogP contribution in [0.1, 0.15) is 5.89 Å². The maximum Gasteiger partial charge on any atom is 0.211 e. The largest absolute Gasteiger partial charge is 0.497 e. The second kappa shape index (κ2) is 5.30. The Morgan fingerprint density at radius 2 is 1.90 bits per heavy atom. The van der Waals surface area contributed by atoms with E-state index in [1.54, 1.807) is 7.11 Å². The Labute approximate surface area is 116 Å². The van der Waals surface area contributed by atoms with Gasteiger partial charge in [0.05, 0.1) is 19.3 Å². The molecule has 0 atom stereocenters. The average Bonchev–Trinajstić information content (AvgIpc) is 2.89. The van der Waals surface area contributed by atoms with Crippen LogP contribution < -0.4 is 10.1 Å². The van der Waals surface area contributed by atoms with Gasteiger partial charge in [0.1, 0.15) is 5.75 Å². The third-order valence-electron chi connectivity index (χ3n) is 3.01. The molecule has 0 amide bonds. The highest BCUT2D eigenvalue weighted by Gasteiger charge is 2.08. The fourth-order valence-corrected chi connectivity index (χ4v) is 2.01. The van der Waals surface area contributed by atoms with E-state index in [9.17, 15) is 0 Å². The fraction of sp³-hybridized carbons (Fsp3) is 0.200. The summed E-state index contributed by atoms with van der Waals surface area (Å²) in [7, 11) is 3.50. The summed E-state index contributed by atoms with van der Waals surface area (Å²) in [6.45, 7) is 0.591. The predicted molar refractivity (Wildman–Crippen MR) is 76.6 cm³/mol. The number of methoxy groups -OCH3 is 1. The van der Waals surface area contributed by atoms with Gasteiger partial charge in [0.15, 0.2) is 11.2 Å². The Balaban J connectivity index is 1.98. The lowest BCUT2D eigenvalue weighted by Crippen LogP contribution is -2.04. The van der Waals surface area contributed by atoms with Crippen LogP contribution in [0.2, 0.25) is 0 Å². The van der Waals surface area contributed by atoms with Crippen molar-refractivity contribution >= 4 is 11.2 Å². The van der Waals surface area contributed by atoms with Crippen molar-refractivity contribution in [3.05, 3.63) is 42.3 Å². The molecule has 0 aliphatic carbocycles. The molecule has 3 aromatic rings. The van der Waals surface area contributed by atoms with Crippen LogP contribution in [0, 0.1) is 0 Å². The van der Waals surface area contributed by atoms with Gasteiger partial charge < -0.3 is 14.5 Å². The SMILES string of the molecule is CNCc1nc2nc(-c3ccc(OC)cc3)ccc2o1. The van der Waals surface area contributed by atoms with Gasteiger partial charge in [0, 0.05) is 5.56 Å². The number of fused-ring (bicyclic) bond motifs is 1. The minimum Gasteiger partial charge on any atom is -0.497 e. The molecule has 0 saturated heterocycles. The highest BCUT2D eigenvalue weighted by atomic mass is 16.5. The maximum atomic E-state index is 5.58. The van der Waals surface area contributed by atoms with Crippen molar-refractivity contribution < 1.29 is 9.15 Å². The van der Waals surface area contributed by atoms with Gasteiger partial charge >= 0.3 is 0 Å². The topological polar surface area (TPSA) is 60.2 Å². The first-order valence-corrected chi connectivity index (χ1v) is 6.35. The molecule has 1 N–H and O–H groups in total. The first-order chi connectivity index (χ1) is 9.80. The van der Waals surface area contributed by atoms with Crippen LogP contribution in [0.4, 0.5) is 0 Å². The number of oxazole rings is 1. The van der Waals surface area contributed by atoms with Gasteiger partial charge in [-0.25, -0.2) is 4.98 Å². The summed E-state index contributed by atoms with van der Waals surface area (Å²) >= 11 is 0. The summed E-state index contributed by atoms with van der Waals surface area (Å²) in [6.07, 6.45) is 0. The summed E-state index contributed by atoms with van der Waals surface area (Å²) in [5.41, 5.74) is 3.21. The van der Waals surface area contributed by atoms with E-state index >= 15 is 0 Å². The highest BCUT2D eigenvalue weighted by molar-refractivity contribution is 5.73. The third-order valence-corrected chi connectivity index (χ3v) is 3.01. The number of benzene rings is 1. The molecule has 2 aromatic heterocycles. The Morgan fingerprint density at radius 3 is 2.60 bits per heavy atom. The van der Waals surface area contributed by atoms with E-state index in [1.165, 1.54) is 0 Å². The second-order valence-electron chi connectivity index (χ2n) is 4.38. The third kappa shape index (κ3) is 2.35. The summed E-state index contributed by atoms with van der Waals surface area (Å²) in [5, 5.41) is 3.01. The van der Waals surface area contributed by atoms with Crippen LogP contribution in [-0.4, -0.2) is 24.1 Å². The van der Waals surface area contributed by atoms with E-state index in [1.807, 2.05) is 43.4 Å². The van der Waals surface area contributed by atoms with Crippen molar-refractivity contribution in [2.75, 3.05) is 14.2 Å². The fourth-order valence-electron chi connectivity index (χ4n) is 2.01. The smallest absolute Gasteiger partial charge is 0.211 e. The van der Waals surface area contributed by atoms with Gasteiger partial charge in [-0.2, -0.15) is 4.98 Å². The quantitative estimate of drug-likeness (QED) is 0.789. The number of nitrogens with one attached hydrogen (secondary N) is 1. The molecule has 3 rings (SSSR count). The van der Waals surface area contributed by atoms with E-state index in [2.05, 4.69) is 15.3 Å². The molecule has 5 heteroatoms. The van der Waals surface area contributed by atoms with E-state index in [4.69, 9.17) is 9.15 Å². The number of pyridine rings is 1. The molecule has 0 saturated carbocycles. The van der Waals surface area contributed by atoms with Crippen molar-refractivity contribution in [3.8, 4) is 17.0 Å². The van der Waals surface area contributed by atoms with Gasteiger partial charge in [-0.3, -0.25) is 0 Å². The Morgan fingerprint density at radius 1 is 1.10 bits per heavy atom. The second-order valence-corrected chi connectivity index (χ2v) is 4.38. The van der Waals surface area contributed by atoms with Gasteiger partial charge in [-0.1, -0.05) is 0 Å². The van der Waals surface area contributed by atoms with Crippen LogP contribution in [0.5, 0.6) is 5.75 Å². The number of hydrogen-bond acceptors (Lipinski definition) is 5. The van der Waals surface area contributed by atoms with E-state index in [0.717, 1.165) is 17.0 Å². The molecule has 0 aliphatic rings. The average molecular weight is 269 g/mol. The van der Waals surface area contributed by atoms with Crippen LogP contribution in [0.25, 0.3) is 22.5 Å². The predicted octanol–water partition coefficient (Wildman–Crippen LogP) is 2.62. The summed E-state index contributed by atoms with van der Waals surface area (Å²) in [4.78, 5) is 8.89. The first-order valence-electron chi connectivity index (χ1n) is 6.35. The molecule has 0 fully saturated rings.